The molecule has 3 aromatic heterocycles. The summed E-state index contributed by atoms with van der Waals surface area (Å²) in [6.45, 7) is 4.79. The maximum Gasteiger partial charge on any atom is 0.158 e. The summed E-state index contributed by atoms with van der Waals surface area (Å²) in [4.78, 5) is 8.73. The normalized spacial score (nSPS) is 12.4. The molecule has 0 aliphatic carbocycles. The van der Waals surface area contributed by atoms with Gasteiger partial charge in [0.2, 0.25) is 0 Å². The van der Waals surface area contributed by atoms with Gasteiger partial charge in [-0.25, -0.2) is 9.97 Å². The Hall–Kier alpha value is -3.22. The van der Waals surface area contributed by atoms with Crippen LogP contribution in [0.2, 0.25) is 0 Å². The van der Waals surface area contributed by atoms with Crippen molar-refractivity contribution in [1.29, 1.82) is 0 Å². The van der Waals surface area contributed by atoms with Gasteiger partial charge in [-0.15, -0.1) is 0 Å². The monoisotopic (exact) mass is 333 g/mol. The first-order chi connectivity index (χ1) is 12.2. The van der Waals surface area contributed by atoms with E-state index >= 15 is 0 Å². The molecule has 0 unspecified atom stereocenters. The molecule has 0 saturated heterocycles. The lowest BCUT2D eigenvalue weighted by Gasteiger charge is -2.16. The van der Waals surface area contributed by atoms with Crippen LogP contribution in [-0.4, -0.2) is 35.4 Å². The number of nitrogens with one attached hydrogen (secondary N) is 1. The fraction of sp³-hybridized carbons (Fsp3) is 0.222. The number of hydrogen-bond acceptors (Lipinski definition) is 5. The Labute approximate surface area is 145 Å². The van der Waals surface area contributed by atoms with Crippen molar-refractivity contribution in [2.45, 2.75) is 26.4 Å². The van der Waals surface area contributed by atoms with Gasteiger partial charge in [0.15, 0.2) is 5.65 Å². The molecular weight excluding hydrogens is 314 g/mol. The lowest BCUT2D eigenvalue weighted by molar-refractivity contribution is 0.557. The molecule has 0 radical (unpaired) electrons. The van der Waals surface area contributed by atoms with Crippen LogP contribution in [0.1, 0.15) is 12.6 Å². The van der Waals surface area contributed by atoms with Crippen LogP contribution in [0.15, 0.2) is 55.1 Å². The van der Waals surface area contributed by atoms with Gasteiger partial charge in [0, 0.05) is 23.7 Å². The molecule has 0 bridgehead atoms. The first-order valence-corrected chi connectivity index (χ1v) is 8.21. The summed E-state index contributed by atoms with van der Waals surface area (Å²) in [6.07, 6.45) is 3.26. The highest BCUT2D eigenvalue weighted by Crippen LogP contribution is 2.23. The van der Waals surface area contributed by atoms with Crippen molar-refractivity contribution in [3.05, 3.63) is 60.8 Å². The molecule has 7 nitrogen and oxygen atoms in total. The lowest BCUT2D eigenvalue weighted by Crippen LogP contribution is -2.24. The third-order valence-electron chi connectivity index (χ3n) is 3.94. The molecule has 4 aromatic rings. The van der Waals surface area contributed by atoms with Crippen LogP contribution in [0, 0.1) is 6.92 Å². The van der Waals surface area contributed by atoms with Crippen LogP contribution < -0.4 is 5.32 Å². The Balaban J connectivity index is 1.71. The molecule has 1 aromatic carbocycles. The molecule has 0 amide bonds. The minimum absolute atomic E-state index is 0.153. The molecule has 1 N–H and O–H groups in total. The predicted octanol–water partition coefficient (Wildman–Crippen LogP) is 2.80. The number of nitrogens with zero attached hydrogens (tertiary/aromatic N) is 6. The fourth-order valence-corrected chi connectivity index (χ4v) is 2.85. The van der Waals surface area contributed by atoms with Crippen LogP contribution in [0.3, 0.4) is 0 Å². The van der Waals surface area contributed by atoms with E-state index in [-0.39, 0.29) is 6.04 Å². The van der Waals surface area contributed by atoms with Crippen LogP contribution in [0.4, 0.5) is 5.82 Å². The van der Waals surface area contributed by atoms with Gasteiger partial charge in [-0.2, -0.15) is 14.7 Å². The molecular formula is C18H19N7. The summed E-state index contributed by atoms with van der Waals surface area (Å²) >= 11 is 0. The van der Waals surface area contributed by atoms with Crippen molar-refractivity contribution < 1.29 is 0 Å². The van der Waals surface area contributed by atoms with E-state index < -0.39 is 0 Å². The topological polar surface area (TPSA) is 72.9 Å². The number of aromatic nitrogens is 6. The summed E-state index contributed by atoms with van der Waals surface area (Å²) < 4.78 is 3.65. The van der Waals surface area contributed by atoms with Crippen molar-refractivity contribution in [2.75, 3.05) is 5.32 Å². The summed E-state index contributed by atoms with van der Waals surface area (Å²) in [5.74, 6) is 0.907. The minimum atomic E-state index is 0.153. The van der Waals surface area contributed by atoms with Crippen molar-refractivity contribution >= 4 is 11.5 Å². The highest BCUT2D eigenvalue weighted by atomic mass is 15.3. The van der Waals surface area contributed by atoms with Gasteiger partial charge in [0.05, 0.1) is 17.9 Å². The number of anilines is 1. The number of fused-ring (bicyclic) bond motifs is 1. The SMILES string of the molecule is Cc1cc2nc(-c3ccccc3)cc(N[C@H](C)Cn3cncn3)n2n1. The molecule has 0 fully saturated rings. The van der Waals surface area contributed by atoms with Crippen LogP contribution in [0.25, 0.3) is 16.9 Å². The van der Waals surface area contributed by atoms with E-state index in [0.717, 1.165) is 28.4 Å². The second kappa shape index (κ2) is 6.35. The third-order valence-corrected chi connectivity index (χ3v) is 3.94. The van der Waals surface area contributed by atoms with Crippen molar-refractivity contribution in [3.8, 4) is 11.3 Å². The zero-order chi connectivity index (χ0) is 17.2. The van der Waals surface area contributed by atoms with Gasteiger partial charge < -0.3 is 5.32 Å². The maximum absolute atomic E-state index is 4.74. The van der Waals surface area contributed by atoms with Crippen LogP contribution in [-0.2, 0) is 6.54 Å². The molecule has 0 saturated carbocycles. The van der Waals surface area contributed by atoms with E-state index in [1.807, 2.05) is 46.5 Å². The largest absolute Gasteiger partial charge is 0.366 e. The van der Waals surface area contributed by atoms with Gasteiger partial charge in [-0.3, -0.25) is 4.68 Å². The summed E-state index contributed by atoms with van der Waals surface area (Å²) in [7, 11) is 0. The van der Waals surface area contributed by atoms with E-state index in [2.05, 4.69) is 39.6 Å². The third kappa shape index (κ3) is 3.21. The zero-order valence-electron chi connectivity index (χ0n) is 14.2. The van der Waals surface area contributed by atoms with E-state index in [4.69, 9.17) is 4.98 Å². The Morgan fingerprint density at radius 2 is 2.00 bits per heavy atom. The molecule has 4 rings (SSSR count). The zero-order valence-corrected chi connectivity index (χ0v) is 14.2. The van der Waals surface area contributed by atoms with Gasteiger partial charge in [0.25, 0.3) is 0 Å². The maximum atomic E-state index is 4.74. The lowest BCUT2D eigenvalue weighted by atomic mass is 10.1. The van der Waals surface area contributed by atoms with Gasteiger partial charge >= 0.3 is 0 Å². The Bertz CT molecular complexity index is 974. The first-order valence-electron chi connectivity index (χ1n) is 8.21. The van der Waals surface area contributed by atoms with Crippen molar-refractivity contribution in [1.82, 2.24) is 29.4 Å². The average molecular weight is 333 g/mol. The van der Waals surface area contributed by atoms with Crippen molar-refractivity contribution in [2.24, 2.45) is 0 Å². The number of benzene rings is 1. The Kier molecular flexibility index (Phi) is 3.89. The van der Waals surface area contributed by atoms with E-state index in [1.54, 1.807) is 12.7 Å². The van der Waals surface area contributed by atoms with E-state index in [0.29, 0.717) is 6.54 Å². The highest BCUT2D eigenvalue weighted by molar-refractivity contribution is 5.66. The minimum Gasteiger partial charge on any atom is -0.366 e. The summed E-state index contributed by atoms with van der Waals surface area (Å²) in [5, 5.41) is 12.2. The second-order valence-corrected chi connectivity index (χ2v) is 6.11. The standard InChI is InChI=1S/C18H19N7/c1-13-8-17-22-16(15-6-4-3-5-7-15)9-18(25(17)23-13)21-14(2)10-24-12-19-11-20-24/h3-9,11-12,14,21H,10H2,1-2H3/t14-/m1/s1. The van der Waals surface area contributed by atoms with Gasteiger partial charge in [-0.1, -0.05) is 30.3 Å². The van der Waals surface area contributed by atoms with Gasteiger partial charge in [-0.05, 0) is 13.8 Å². The predicted molar refractivity (Wildman–Crippen MR) is 96.3 cm³/mol. The second-order valence-electron chi connectivity index (χ2n) is 6.11. The smallest absolute Gasteiger partial charge is 0.158 e. The molecule has 0 aliphatic rings. The van der Waals surface area contributed by atoms with Crippen LogP contribution >= 0.6 is 0 Å². The molecule has 1 atom stereocenters. The fourth-order valence-electron chi connectivity index (χ4n) is 2.85. The van der Waals surface area contributed by atoms with Crippen molar-refractivity contribution in [3.63, 3.8) is 0 Å². The molecule has 3 heterocycles. The molecule has 25 heavy (non-hydrogen) atoms. The number of aryl methyl sites for hydroxylation is 1. The summed E-state index contributed by atoms with van der Waals surface area (Å²) in [5.41, 5.74) is 3.76. The molecule has 7 heteroatoms. The Morgan fingerprint density at radius 1 is 1.16 bits per heavy atom. The van der Waals surface area contributed by atoms with Crippen LogP contribution in [0.5, 0.6) is 0 Å². The Morgan fingerprint density at radius 3 is 2.76 bits per heavy atom. The summed E-state index contributed by atoms with van der Waals surface area (Å²) in [6, 6.07) is 14.3. The molecule has 0 aliphatic heterocycles. The molecule has 126 valence electrons. The van der Waals surface area contributed by atoms with Gasteiger partial charge in [0.1, 0.15) is 18.5 Å². The van der Waals surface area contributed by atoms with E-state index in [9.17, 15) is 0 Å². The quantitative estimate of drug-likeness (QED) is 0.608. The van der Waals surface area contributed by atoms with E-state index in [1.165, 1.54) is 0 Å². The molecule has 0 spiro atoms. The first kappa shape index (κ1) is 15.3. The average Bonchev–Trinajstić information content (AvgIpc) is 3.24. The number of rotatable bonds is 5. The number of hydrogen-bond donors (Lipinski definition) is 1. The highest BCUT2D eigenvalue weighted by Gasteiger charge is 2.12.